The number of carbonyl (C=O) groups is 1. The Hall–Kier alpha value is -4.08. The van der Waals surface area contributed by atoms with Crippen LogP contribution >= 0.6 is 23.5 Å². The summed E-state index contributed by atoms with van der Waals surface area (Å²) in [5.41, 5.74) is 4.04. The molecule has 3 aromatic carbocycles. The van der Waals surface area contributed by atoms with Gasteiger partial charge in [0, 0.05) is 30.7 Å². The van der Waals surface area contributed by atoms with Gasteiger partial charge < -0.3 is 20.1 Å². The second kappa shape index (κ2) is 13.3. The molecule has 4 rings (SSSR count). The van der Waals surface area contributed by atoms with E-state index in [4.69, 9.17) is 16.3 Å². The van der Waals surface area contributed by atoms with Crippen molar-refractivity contribution < 1.29 is 9.53 Å². The standard InChI is InChI=1S/C30H30ClN5O3S/c1-30(2,36-38)22-8-4-7-20(17-22)21-12-13-26(39-3)27(18-21)40-35-24-10-5-9-23(19-24)32-15-16-34-29(37)28-25(31)11-6-14-33-28/h4-14,17-19,32,35H,15-16H2,1-3H3,(H,34,37). The van der Waals surface area contributed by atoms with Gasteiger partial charge >= 0.3 is 0 Å². The molecule has 1 heterocycles. The van der Waals surface area contributed by atoms with E-state index in [1.54, 1.807) is 33.1 Å². The highest BCUT2D eigenvalue weighted by Crippen LogP contribution is 2.36. The van der Waals surface area contributed by atoms with E-state index in [2.05, 4.69) is 31.6 Å². The van der Waals surface area contributed by atoms with Crippen LogP contribution in [0.2, 0.25) is 5.02 Å². The number of pyridine rings is 1. The summed E-state index contributed by atoms with van der Waals surface area (Å²) in [6, 6.07) is 25.0. The largest absolute Gasteiger partial charge is 0.496 e. The van der Waals surface area contributed by atoms with Crippen molar-refractivity contribution >= 4 is 40.8 Å². The van der Waals surface area contributed by atoms with Crippen LogP contribution < -0.4 is 20.1 Å². The van der Waals surface area contributed by atoms with Gasteiger partial charge in [-0.05, 0) is 91.0 Å². The van der Waals surface area contributed by atoms with Crippen molar-refractivity contribution in [3.8, 4) is 16.9 Å². The number of nitrogens with one attached hydrogen (secondary N) is 3. The fourth-order valence-electron chi connectivity index (χ4n) is 3.89. The Morgan fingerprint density at radius 1 is 0.975 bits per heavy atom. The lowest BCUT2D eigenvalue weighted by Crippen LogP contribution is -2.29. The molecule has 0 fully saturated rings. The van der Waals surface area contributed by atoms with Gasteiger partial charge in [-0.15, -0.1) is 4.91 Å². The average Bonchev–Trinajstić information content (AvgIpc) is 2.98. The second-order valence-electron chi connectivity index (χ2n) is 9.40. The van der Waals surface area contributed by atoms with Crippen LogP contribution in [-0.4, -0.2) is 31.1 Å². The number of halogens is 1. The van der Waals surface area contributed by atoms with Crippen LogP contribution in [0.4, 0.5) is 11.4 Å². The maximum atomic E-state index is 12.3. The maximum Gasteiger partial charge on any atom is 0.271 e. The molecule has 0 bridgehead atoms. The number of nitrogens with zero attached hydrogens (tertiary/aromatic N) is 2. The Balaban J connectivity index is 1.38. The number of hydrogen-bond acceptors (Lipinski definition) is 8. The van der Waals surface area contributed by atoms with E-state index < -0.39 is 5.54 Å². The van der Waals surface area contributed by atoms with Crippen LogP contribution in [-0.2, 0) is 5.54 Å². The fourth-order valence-corrected chi connectivity index (χ4v) is 4.89. The number of anilines is 2. The minimum absolute atomic E-state index is 0.210. The molecule has 40 heavy (non-hydrogen) atoms. The Bertz CT molecular complexity index is 1500. The topological polar surface area (TPSA) is 105 Å². The smallest absolute Gasteiger partial charge is 0.271 e. The van der Waals surface area contributed by atoms with Crippen molar-refractivity contribution in [1.82, 2.24) is 10.3 Å². The summed E-state index contributed by atoms with van der Waals surface area (Å²) in [5.74, 6) is 0.427. The van der Waals surface area contributed by atoms with Gasteiger partial charge in [0.05, 0.1) is 17.0 Å². The molecule has 206 valence electrons. The van der Waals surface area contributed by atoms with Crippen molar-refractivity contribution in [3.05, 3.63) is 106 Å². The number of rotatable bonds is 12. The molecule has 3 N–H and O–H groups in total. The van der Waals surface area contributed by atoms with Crippen molar-refractivity contribution in [2.75, 3.05) is 30.2 Å². The number of aromatic nitrogens is 1. The molecule has 0 aliphatic rings. The van der Waals surface area contributed by atoms with Gasteiger partial charge in [-0.2, -0.15) is 0 Å². The highest BCUT2D eigenvalue weighted by atomic mass is 35.5. The van der Waals surface area contributed by atoms with Gasteiger partial charge in [0.15, 0.2) is 0 Å². The minimum atomic E-state index is -0.806. The third kappa shape index (κ3) is 7.31. The lowest BCUT2D eigenvalue weighted by atomic mass is 9.92. The molecule has 4 aromatic rings. The first-order chi connectivity index (χ1) is 19.3. The van der Waals surface area contributed by atoms with Crippen LogP contribution in [0.3, 0.4) is 0 Å². The lowest BCUT2D eigenvalue weighted by molar-refractivity contribution is 0.0950. The quantitative estimate of drug-likeness (QED) is 0.0919. The molecule has 1 aromatic heterocycles. The third-order valence-electron chi connectivity index (χ3n) is 6.15. The van der Waals surface area contributed by atoms with E-state index in [-0.39, 0.29) is 11.6 Å². The molecule has 0 aliphatic heterocycles. The Morgan fingerprint density at radius 2 is 1.75 bits per heavy atom. The van der Waals surface area contributed by atoms with Crippen LogP contribution in [0.15, 0.2) is 95.1 Å². The van der Waals surface area contributed by atoms with Crippen LogP contribution in [0.1, 0.15) is 29.9 Å². The van der Waals surface area contributed by atoms with Crippen LogP contribution in [0.25, 0.3) is 11.1 Å². The average molecular weight is 576 g/mol. The van der Waals surface area contributed by atoms with Gasteiger partial charge in [0.25, 0.3) is 5.91 Å². The number of methoxy groups -OCH3 is 1. The molecule has 0 atom stereocenters. The van der Waals surface area contributed by atoms with Gasteiger partial charge in [-0.25, -0.2) is 4.98 Å². The third-order valence-corrected chi connectivity index (χ3v) is 7.33. The molecule has 0 saturated carbocycles. The van der Waals surface area contributed by atoms with Gasteiger partial charge in [0.1, 0.15) is 17.0 Å². The predicted molar refractivity (Wildman–Crippen MR) is 163 cm³/mol. The van der Waals surface area contributed by atoms with Gasteiger partial charge in [-0.3, -0.25) is 4.79 Å². The van der Waals surface area contributed by atoms with Crippen LogP contribution in [0.5, 0.6) is 5.75 Å². The number of amides is 1. The van der Waals surface area contributed by atoms with E-state index in [0.717, 1.165) is 38.7 Å². The number of nitroso groups, excluding NO2 is 1. The number of carbonyl (C=O) groups excluding carboxylic acids is 1. The number of hydrogen-bond donors (Lipinski definition) is 3. The first-order valence-electron chi connectivity index (χ1n) is 12.6. The predicted octanol–water partition coefficient (Wildman–Crippen LogP) is 7.37. The summed E-state index contributed by atoms with van der Waals surface area (Å²) in [4.78, 5) is 28.5. The van der Waals surface area contributed by atoms with E-state index in [9.17, 15) is 9.70 Å². The molecule has 10 heteroatoms. The van der Waals surface area contributed by atoms with Crippen molar-refractivity contribution in [2.24, 2.45) is 5.18 Å². The molecule has 0 unspecified atom stereocenters. The summed E-state index contributed by atoms with van der Waals surface area (Å²) in [6.07, 6.45) is 1.53. The summed E-state index contributed by atoms with van der Waals surface area (Å²) in [6.45, 7) is 4.53. The van der Waals surface area contributed by atoms with Gasteiger partial charge in [0.2, 0.25) is 0 Å². The molecular weight excluding hydrogens is 546 g/mol. The van der Waals surface area contributed by atoms with Crippen molar-refractivity contribution in [3.63, 3.8) is 0 Å². The molecule has 1 amide bonds. The zero-order chi connectivity index (χ0) is 28.5. The van der Waals surface area contributed by atoms with E-state index in [0.29, 0.717) is 18.1 Å². The second-order valence-corrected chi connectivity index (χ2v) is 10.7. The zero-order valence-corrected chi connectivity index (χ0v) is 24.0. The lowest BCUT2D eigenvalue weighted by Gasteiger charge is -2.17. The monoisotopic (exact) mass is 575 g/mol. The van der Waals surface area contributed by atoms with E-state index in [1.807, 2.05) is 60.7 Å². The van der Waals surface area contributed by atoms with E-state index in [1.165, 1.54) is 18.1 Å². The zero-order valence-electron chi connectivity index (χ0n) is 22.4. The highest BCUT2D eigenvalue weighted by Gasteiger charge is 2.21. The minimum Gasteiger partial charge on any atom is -0.496 e. The molecule has 0 radical (unpaired) electrons. The number of ether oxygens (including phenoxy) is 1. The molecule has 0 aliphatic carbocycles. The molecule has 0 saturated heterocycles. The Morgan fingerprint density at radius 3 is 2.52 bits per heavy atom. The van der Waals surface area contributed by atoms with Crippen molar-refractivity contribution in [2.45, 2.75) is 24.3 Å². The first-order valence-corrected chi connectivity index (χ1v) is 13.8. The summed E-state index contributed by atoms with van der Waals surface area (Å²) >= 11 is 7.48. The Kier molecular flexibility index (Phi) is 9.63. The summed E-state index contributed by atoms with van der Waals surface area (Å²) in [5, 5.41) is 9.71. The van der Waals surface area contributed by atoms with Crippen LogP contribution in [0, 0.1) is 4.91 Å². The maximum absolute atomic E-state index is 12.3. The highest BCUT2D eigenvalue weighted by molar-refractivity contribution is 8.00. The van der Waals surface area contributed by atoms with Crippen molar-refractivity contribution in [1.29, 1.82) is 0 Å². The van der Waals surface area contributed by atoms with E-state index >= 15 is 0 Å². The molecule has 0 spiro atoms. The summed E-state index contributed by atoms with van der Waals surface area (Å²) in [7, 11) is 1.64. The summed E-state index contributed by atoms with van der Waals surface area (Å²) < 4.78 is 8.97. The molecule has 8 nitrogen and oxygen atoms in total. The fraction of sp³-hybridized carbons (Fsp3) is 0.200. The number of benzene rings is 3. The Labute approximate surface area is 243 Å². The van der Waals surface area contributed by atoms with Gasteiger partial charge in [-0.1, -0.05) is 47.1 Å². The molecular formula is C30H30ClN5O3S. The SMILES string of the molecule is COc1ccc(-c2cccc(C(C)(C)N=O)c2)cc1SNc1cccc(NCCNC(=O)c2ncccc2Cl)c1. The normalized spacial score (nSPS) is 11.0. The first kappa shape index (κ1) is 28.9.